The van der Waals surface area contributed by atoms with Gasteiger partial charge in [0, 0.05) is 6.42 Å². The van der Waals surface area contributed by atoms with Gasteiger partial charge in [0.1, 0.15) is 6.10 Å². The van der Waals surface area contributed by atoms with Gasteiger partial charge in [0.2, 0.25) is 0 Å². The number of unbranched alkanes of at least 4 members (excludes halogenated alkanes) is 16. The number of hydrogen-bond donors (Lipinski definition) is 1. The number of ether oxygens (including phenoxy) is 2. The molecule has 254 valence electrons. The normalized spacial score (nSPS) is 12.4. The highest BCUT2D eigenvalue weighted by atomic mass is 16.5. The van der Waals surface area contributed by atoms with Crippen molar-refractivity contribution in [3.8, 4) is 0 Å². The molecule has 0 aromatic carbocycles. The van der Waals surface area contributed by atoms with E-state index in [0.717, 1.165) is 83.5 Å². The average Bonchev–Trinajstić information content (AvgIpc) is 3.00. The molecule has 0 aliphatic heterocycles. The third-order valence-corrected chi connectivity index (χ3v) is 7.63. The van der Waals surface area contributed by atoms with E-state index in [4.69, 9.17) is 14.6 Å². The topological polar surface area (TPSA) is 89.9 Å². The van der Waals surface area contributed by atoms with Crippen LogP contribution in [0.1, 0.15) is 174 Å². The lowest BCUT2D eigenvalue weighted by Crippen LogP contribution is -2.16. The van der Waals surface area contributed by atoms with Crippen molar-refractivity contribution in [2.24, 2.45) is 0 Å². The molecule has 1 N–H and O–H groups in total. The maximum atomic E-state index is 12.5. The summed E-state index contributed by atoms with van der Waals surface area (Å²) in [7, 11) is 0. The molecule has 0 aromatic heterocycles. The van der Waals surface area contributed by atoms with Crippen molar-refractivity contribution in [1.82, 2.24) is 0 Å². The monoisotopic (exact) mass is 618 g/mol. The highest BCUT2D eigenvalue weighted by Gasteiger charge is 2.11. The molecule has 0 bridgehead atoms. The standard InChI is InChI=1S/C38H66O6/c1-3-5-7-9-10-11-12-13-14-15-16-20-23-27-31-38(42)44-35(29-25-8-6-4-2)30-26-22-19-17-18-21-24-28-34-43-37(41)33-32-36(39)40/h9-10,12-13,26,30,35H,3-8,11,14-25,27-29,31-34H2,1-2H3,(H,39,40)/b10-9+,13-12-,30-26+. The van der Waals surface area contributed by atoms with Crippen LogP contribution in [0.5, 0.6) is 0 Å². The fourth-order valence-electron chi connectivity index (χ4n) is 4.87. The number of carboxylic acids is 1. The lowest BCUT2D eigenvalue weighted by Gasteiger charge is -2.14. The molecular weight excluding hydrogens is 552 g/mol. The minimum Gasteiger partial charge on any atom is -0.481 e. The van der Waals surface area contributed by atoms with Crippen LogP contribution in [0.15, 0.2) is 36.5 Å². The first kappa shape index (κ1) is 41.6. The van der Waals surface area contributed by atoms with Gasteiger partial charge >= 0.3 is 17.9 Å². The molecule has 0 spiro atoms. The summed E-state index contributed by atoms with van der Waals surface area (Å²) in [4.78, 5) is 34.4. The second-order valence-electron chi connectivity index (χ2n) is 12.0. The van der Waals surface area contributed by atoms with E-state index in [1.54, 1.807) is 0 Å². The van der Waals surface area contributed by atoms with Crippen LogP contribution in [0.4, 0.5) is 0 Å². The Morgan fingerprint density at radius 2 is 1.14 bits per heavy atom. The van der Waals surface area contributed by atoms with Crippen molar-refractivity contribution in [3.63, 3.8) is 0 Å². The first-order valence-electron chi connectivity index (χ1n) is 18.0. The Morgan fingerprint density at radius 3 is 1.80 bits per heavy atom. The number of rotatable bonds is 32. The summed E-state index contributed by atoms with van der Waals surface area (Å²) < 4.78 is 10.9. The van der Waals surface area contributed by atoms with E-state index in [0.29, 0.717) is 13.0 Å². The third kappa shape index (κ3) is 32.5. The van der Waals surface area contributed by atoms with E-state index in [-0.39, 0.29) is 24.9 Å². The zero-order valence-corrected chi connectivity index (χ0v) is 28.4. The first-order chi connectivity index (χ1) is 21.5. The fourth-order valence-corrected chi connectivity index (χ4v) is 4.87. The molecule has 6 nitrogen and oxygen atoms in total. The molecule has 1 unspecified atom stereocenters. The molecule has 0 aliphatic carbocycles. The van der Waals surface area contributed by atoms with E-state index in [1.165, 1.54) is 57.8 Å². The fraction of sp³-hybridized carbons (Fsp3) is 0.763. The summed E-state index contributed by atoms with van der Waals surface area (Å²) in [5, 5.41) is 8.58. The van der Waals surface area contributed by atoms with Gasteiger partial charge in [-0.1, -0.05) is 121 Å². The number of carboxylic acid groups (broad SMARTS) is 1. The highest BCUT2D eigenvalue weighted by Crippen LogP contribution is 2.14. The smallest absolute Gasteiger partial charge is 0.306 e. The number of hydrogen-bond acceptors (Lipinski definition) is 5. The number of allylic oxidation sites excluding steroid dienone is 5. The van der Waals surface area contributed by atoms with Crippen LogP contribution in [0, 0.1) is 0 Å². The molecule has 1 atom stereocenters. The second kappa shape index (κ2) is 33.5. The van der Waals surface area contributed by atoms with E-state index in [2.05, 4.69) is 50.3 Å². The zero-order valence-electron chi connectivity index (χ0n) is 28.4. The molecule has 6 heteroatoms. The van der Waals surface area contributed by atoms with Gasteiger partial charge < -0.3 is 14.6 Å². The Balaban J connectivity index is 3.98. The van der Waals surface area contributed by atoms with Gasteiger partial charge in [0.15, 0.2) is 0 Å². The van der Waals surface area contributed by atoms with E-state index >= 15 is 0 Å². The van der Waals surface area contributed by atoms with Crippen LogP contribution < -0.4 is 0 Å². The lowest BCUT2D eigenvalue weighted by atomic mass is 10.1. The van der Waals surface area contributed by atoms with Gasteiger partial charge in [-0.2, -0.15) is 0 Å². The lowest BCUT2D eigenvalue weighted by molar-refractivity contribution is -0.148. The minimum absolute atomic E-state index is 0.0574. The van der Waals surface area contributed by atoms with Gasteiger partial charge in [0.05, 0.1) is 19.4 Å². The molecule has 0 saturated carbocycles. The average molecular weight is 619 g/mol. The summed E-state index contributed by atoms with van der Waals surface area (Å²) >= 11 is 0. The first-order valence-corrected chi connectivity index (χ1v) is 18.0. The predicted molar refractivity (Wildman–Crippen MR) is 183 cm³/mol. The summed E-state index contributed by atoms with van der Waals surface area (Å²) in [6, 6.07) is 0. The number of aliphatic carboxylic acids is 1. The molecule has 0 radical (unpaired) electrons. The Morgan fingerprint density at radius 1 is 0.568 bits per heavy atom. The van der Waals surface area contributed by atoms with Gasteiger partial charge in [-0.25, -0.2) is 0 Å². The molecule has 0 amide bonds. The van der Waals surface area contributed by atoms with Crippen LogP contribution in [0.25, 0.3) is 0 Å². The summed E-state index contributed by atoms with van der Waals surface area (Å²) in [6.45, 7) is 4.81. The van der Waals surface area contributed by atoms with Crippen molar-refractivity contribution in [2.45, 2.75) is 180 Å². The van der Waals surface area contributed by atoms with Crippen LogP contribution in [-0.2, 0) is 23.9 Å². The van der Waals surface area contributed by atoms with Crippen molar-refractivity contribution in [3.05, 3.63) is 36.5 Å². The van der Waals surface area contributed by atoms with Crippen LogP contribution in [-0.4, -0.2) is 35.7 Å². The molecular formula is C38H66O6. The van der Waals surface area contributed by atoms with Gasteiger partial charge in [-0.3, -0.25) is 14.4 Å². The van der Waals surface area contributed by atoms with E-state index < -0.39 is 11.9 Å². The van der Waals surface area contributed by atoms with E-state index in [1.807, 2.05) is 0 Å². The summed E-state index contributed by atoms with van der Waals surface area (Å²) in [5.74, 6) is -1.47. The Bertz CT molecular complexity index is 769. The highest BCUT2D eigenvalue weighted by molar-refractivity contribution is 5.76. The van der Waals surface area contributed by atoms with Gasteiger partial charge in [0.25, 0.3) is 0 Å². The van der Waals surface area contributed by atoms with Gasteiger partial charge in [-0.15, -0.1) is 0 Å². The van der Waals surface area contributed by atoms with Crippen LogP contribution in [0.3, 0.4) is 0 Å². The minimum atomic E-state index is -0.979. The predicted octanol–water partition coefficient (Wildman–Crippen LogP) is 11.0. The summed E-state index contributed by atoms with van der Waals surface area (Å²) in [6.07, 6.45) is 38.1. The largest absolute Gasteiger partial charge is 0.481 e. The zero-order chi connectivity index (χ0) is 32.4. The number of carbonyl (C=O) groups is 3. The molecule has 0 rings (SSSR count). The molecule has 0 aliphatic rings. The van der Waals surface area contributed by atoms with Crippen molar-refractivity contribution < 1.29 is 29.0 Å². The van der Waals surface area contributed by atoms with Crippen molar-refractivity contribution in [2.75, 3.05) is 6.61 Å². The molecule has 0 heterocycles. The maximum Gasteiger partial charge on any atom is 0.306 e. The number of esters is 2. The number of carbonyl (C=O) groups excluding carboxylic acids is 2. The van der Waals surface area contributed by atoms with Crippen molar-refractivity contribution in [1.29, 1.82) is 0 Å². The molecule has 0 aromatic rings. The SMILES string of the molecule is CCCC/C=C/C/C=C\CCCCCCCC(=O)OC(/C=C/CCCCCCCCOC(=O)CCC(=O)O)CCCCCC. The Kier molecular flexibility index (Phi) is 31.7. The second-order valence-corrected chi connectivity index (χ2v) is 12.0. The third-order valence-electron chi connectivity index (χ3n) is 7.63. The molecule has 44 heavy (non-hydrogen) atoms. The summed E-state index contributed by atoms with van der Waals surface area (Å²) in [5.41, 5.74) is 0. The Labute approximate surface area is 270 Å². The molecule has 0 saturated heterocycles. The molecule has 0 fully saturated rings. The van der Waals surface area contributed by atoms with Crippen LogP contribution in [0.2, 0.25) is 0 Å². The maximum absolute atomic E-state index is 12.5. The van der Waals surface area contributed by atoms with Crippen molar-refractivity contribution >= 4 is 17.9 Å². The van der Waals surface area contributed by atoms with E-state index in [9.17, 15) is 14.4 Å². The quantitative estimate of drug-likeness (QED) is 0.0458. The van der Waals surface area contributed by atoms with Crippen LogP contribution >= 0.6 is 0 Å². The van der Waals surface area contributed by atoms with Gasteiger partial charge in [-0.05, 0) is 70.3 Å². The Hall–Kier alpha value is -2.37.